The maximum absolute atomic E-state index is 6.51. The Bertz CT molecular complexity index is 1870. The molecule has 0 aliphatic rings. The molecule has 3 nitrogen and oxygen atoms in total. The zero-order chi connectivity index (χ0) is 24.1. The maximum atomic E-state index is 6.51. The van der Waals surface area contributed by atoms with Crippen LogP contribution in [0.3, 0.4) is 0 Å². The lowest BCUT2D eigenvalue weighted by Crippen LogP contribution is -1.97. The summed E-state index contributed by atoms with van der Waals surface area (Å²) in [7, 11) is 0. The van der Waals surface area contributed by atoms with Crippen LogP contribution in [0.4, 0.5) is 0 Å². The third-order valence-electron chi connectivity index (χ3n) is 6.68. The number of halogens is 1. The summed E-state index contributed by atoms with van der Waals surface area (Å²) in [5.41, 5.74) is 6.12. The number of hydrogen-bond donors (Lipinski definition) is 0. The van der Waals surface area contributed by atoms with Gasteiger partial charge in [0, 0.05) is 33.7 Å². The van der Waals surface area contributed by atoms with E-state index in [-0.39, 0.29) is 0 Å². The van der Waals surface area contributed by atoms with Gasteiger partial charge in [0.2, 0.25) is 0 Å². The van der Waals surface area contributed by atoms with E-state index in [1.165, 1.54) is 32.6 Å². The summed E-state index contributed by atoms with van der Waals surface area (Å²) in [5, 5.41) is 5.25. The molecule has 0 spiro atoms. The predicted octanol–water partition coefficient (Wildman–Crippen LogP) is 8.71. The fourth-order valence-electron chi connectivity index (χ4n) is 5.03. The first kappa shape index (κ1) is 20.9. The molecule has 0 N–H and O–H groups in total. The van der Waals surface area contributed by atoms with Gasteiger partial charge in [-0.2, -0.15) is 0 Å². The Morgan fingerprint density at radius 2 is 1.22 bits per heavy atom. The molecule has 0 unspecified atom stereocenters. The molecule has 7 rings (SSSR count). The minimum Gasteiger partial charge on any atom is -0.309 e. The standard InChI is InChI=1S/C32H20ClN3/c33-31-20-28(23-17-16-21-8-1-2-9-22(21)18-23)34-32(35-31)24-10-7-11-25(19-24)36-29-14-5-3-12-26(29)27-13-4-6-15-30(27)36/h1-20H. The molecule has 2 heterocycles. The summed E-state index contributed by atoms with van der Waals surface area (Å²) < 4.78 is 2.29. The topological polar surface area (TPSA) is 30.7 Å². The molecular formula is C32H20ClN3. The van der Waals surface area contributed by atoms with Gasteiger partial charge in [0.25, 0.3) is 0 Å². The van der Waals surface area contributed by atoms with Gasteiger partial charge in [-0.3, -0.25) is 0 Å². The SMILES string of the molecule is Clc1cc(-c2ccc3ccccc3c2)nc(-c2cccc(-n3c4ccccc4c4ccccc43)c2)n1. The lowest BCUT2D eigenvalue weighted by Gasteiger charge is -2.11. The van der Waals surface area contributed by atoms with Gasteiger partial charge in [0.05, 0.1) is 16.7 Å². The second-order valence-electron chi connectivity index (χ2n) is 8.88. The van der Waals surface area contributed by atoms with Crippen molar-refractivity contribution >= 4 is 44.2 Å². The number of rotatable bonds is 3. The second-order valence-corrected chi connectivity index (χ2v) is 9.27. The highest BCUT2D eigenvalue weighted by atomic mass is 35.5. The minimum atomic E-state index is 0.422. The van der Waals surface area contributed by atoms with Crippen LogP contribution in [-0.4, -0.2) is 14.5 Å². The largest absolute Gasteiger partial charge is 0.309 e. The molecule has 0 saturated carbocycles. The monoisotopic (exact) mass is 481 g/mol. The first-order chi connectivity index (χ1) is 17.7. The molecule has 0 amide bonds. The van der Waals surface area contributed by atoms with E-state index in [2.05, 4.69) is 101 Å². The molecule has 0 radical (unpaired) electrons. The van der Waals surface area contributed by atoms with Crippen LogP contribution in [0.5, 0.6) is 0 Å². The normalized spacial score (nSPS) is 11.5. The molecule has 0 bridgehead atoms. The highest BCUT2D eigenvalue weighted by molar-refractivity contribution is 6.29. The van der Waals surface area contributed by atoms with E-state index in [1.807, 2.05) is 30.3 Å². The van der Waals surface area contributed by atoms with Crippen molar-refractivity contribution in [3.63, 3.8) is 0 Å². The number of benzene rings is 5. The number of nitrogens with zero attached hydrogens (tertiary/aromatic N) is 3. The van der Waals surface area contributed by atoms with Gasteiger partial charge in [-0.1, -0.05) is 96.5 Å². The Labute approximate surface area is 213 Å². The number of aromatic nitrogens is 3. The van der Waals surface area contributed by atoms with Gasteiger partial charge < -0.3 is 4.57 Å². The van der Waals surface area contributed by atoms with Crippen molar-refractivity contribution in [1.29, 1.82) is 0 Å². The minimum absolute atomic E-state index is 0.422. The van der Waals surface area contributed by atoms with Crippen molar-refractivity contribution in [2.45, 2.75) is 0 Å². The highest BCUT2D eigenvalue weighted by Crippen LogP contribution is 2.33. The van der Waals surface area contributed by atoms with Gasteiger partial charge in [-0.25, -0.2) is 9.97 Å². The zero-order valence-electron chi connectivity index (χ0n) is 19.3. The summed E-state index contributed by atoms with van der Waals surface area (Å²) >= 11 is 6.51. The third kappa shape index (κ3) is 3.44. The number of fused-ring (bicyclic) bond motifs is 4. The molecule has 7 aromatic rings. The van der Waals surface area contributed by atoms with Crippen LogP contribution < -0.4 is 0 Å². The van der Waals surface area contributed by atoms with Gasteiger partial charge >= 0.3 is 0 Å². The van der Waals surface area contributed by atoms with Crippen molar-refractivity contribution in [2.24, 2.45) is 0 Å². The molecule has 2 aromatic heterocycles. The second kappa shape index (κ2) is 8.33. The van der Waals surface area contributed by atoms with Crippen molar-refractivity contribution < 1.29 is 0 Å². The maximum Gasteiger partial charge on any atom is 0.161 e. The summed E-state index contributed by atoms with van der Waals surface area (Å²) in [6, 6.07) is 41.8. The van der Waals surface area contributed by atoms with Gasteiger partial charge in [0.1, 0.15) is 5.15 Å². The van der Waals surface area contributed by atoms with E-state index >= 15 is 0 Å². The van der Waals surface area contributed by atoms with Gasteiger partial charge in [-0.15, -0.1) is 0 Å². The fourth-order valence-corrected chi connectivity index (χ4v) is 5.21. The Hall–Kier alpha value is -4.47. The Morgan fingerprint density at radius 1 is 0.528 bits per heavy atom. The Balaban J connectivity index is 1.38. The summed E-state index contributed by atoms with van der Waals surface area (Å²) in [6.45, 7) is 0. The van der Waals surface area contributed by atoms with Crippen molar-refractivity contribution in [3.05, 3.63) is 126 Å². The van der Waals surface area contributed by atoms with E-state index in [0.29, 0.717) is 11.0 Å². The zero-order valence-corrected chi connectivity index (χ0v) is 20.0. The highest BCUT2D eigenvalue weighted by Gasteiger charge is 2.14. The first-order valence-electron chi connectivity index (χ1n) is 11.9. The quantitative estimate of drug-likeness (QED) is 0.236. The van der Waals surface area contributed by atoms with Gasteiger partial charge in [-0.05, 0) is 41.1 Å². The van der Waals surface area contributed by atoms with E-state index in [0.717, 1.165) is 22.5 Å². The molecular weight excluding hydrogens is 462 g/mol. The fraction of sp³-hybridized carbons (Fsp3) is 0. The first-order valence-corrected chi connectivity index (χ1v) is 12.3. The molecule has 0 fully saturated rings. The van der Waals surface area contributed by atoms with Crippen LogP contribution in [0.25, 0.3) is 60.9 Å². The van der Waals surface area contributed by atoms with Crippen LogP contribution in [0.2, 0.25) is 5.15 Å². The van der Waals surface area contributed by atoms with Gasteiger partial charge in [0.15, 0.2) is 5.82 Å². The molecule has 4 heteroatoms. The van der Waals surface area contributed by atoms with Crippen LogP contribution in [-0.2, 0) is 0 Å². The van der Waals surface area contributed by atoms with Crippen molar-refractivity contribution in [2.75, 3.05) is 0 Å². The molecule has 0 saturated heterocycles. The third-order valence-corrected chi connectivity index (χ3v) is 6.88. The van der Waals surface area contributed by atoms with Crippen LogP contribution >= 0.6 is 11.6 Å². The number of hydrogen-bond acceptors (Lipinski definition) is 2. The number of para-hydroxylation sites is 2. The van der Waals surface area contributed by atoms with Crippen molar-refractivity contribution in [1.82, 2.24) is 14.5 Å². The molecule has 0 aliphatic carbocycles. The van der Waals surface area contributed by atoms with E-state index in [1.54, 1.807) is 0 Å². The van der Waals surface area contributed by atoms with Crippen molar-refractivity contribution in [3.8, 4) is 28.3 Å². The Morgan fingerprint density at radius 3 is 2.00 bits per heavy atom. The molecule has 5 aromatic carbocycles. The predicted molar refractivity (Wildman–Crippen MR) is 150 cm³/mol. The smallest absolute Gasteiger partial charge is 0.161 e. The van der Waals surface area contributed by atoms with E-state index in [9.17, 15) is 0 Å². The molecule has 0 atom stereocenters. The van der Waals surface area contributed by atoms with Crippen LogP contribution in [0.15, 0.2) is 121 Å². The van der Waals surface area contributed by atoms with Crippen LogP contribution in [0.1, 0.15) is 0 Å². The van der Waals surface area contributed by atoms with E-state index < -0.39 is 0 Å². The molecule has 0 aliphatic heterocycles. The Kier molecular flexibility index (Phi) is 4.83. The average Bonchev–Trinajstić information content (AvgIpc) is 3.27. The van der Waals surface area contributed by atoms with Crippen LogP contribution in [0, 0.1) is 0 Å². The lowest BCUT2D eigenvalue weighted by molar-refractivity contribution is 1.16. The molecule has 170 valence electrons. The summed E-state index contributed by atoms with van der Waals surface area (Å²) in [5.74, 6) is 0.605. The summed E-state index contributed by atoms with van der Waals surface area (Å²) in [4.78, 5) is 9.51. The summed E-state index contributed by atoms with van der Waals surface area (Å²) in [6.07, 6.45) is 0. The average molecular weight is 482 g/mol. The van der Waals surface area contributed by atoms with E-state index in [4.69, 9.17) is 16.6 Å². The molecule has 36 heavy (non-hydrogen) atoms. The lowest BCUT2D eigenvalue weighted by atomic mass is 10.0.